The minimum Gasteiger partial charge on any atom is -0.493 e. The van der Waals surface area contributed by atoms with E-state index in [0.717, 1.165) is 43.0 Å². The van der Waals surface area contributed by atoms with Gasteiger partial charge >= 0.3 is 0 Å². The van der Waals surface area contributed by atoms with Gasteiger partial charge in [0.25, 0.3) is 0 Å². The van der Waals surface area contributed by atoms with Gasteiger partial charge in [0.1, 0.15) is 11.6 Å². The molecule has 2 nitrogen and oxygen atoms in total. The summed E-state index contributed by atoms with van der Waals surface area (Å²) in [4.78, 5) is 2.20. The largest absolute Gasteiger partial charge is 0.493 e. The predicted molar refractivity (Wildman–Crippen MR) is 79.0 cm³/mol. The number of rotatable bonds is 4. The number of halogens is 1. The minimum absolute atomic E-state index is 0.183. The van der Waals surface area contributed by atoms with E-state index in [9.17, 15) is 4.39 Å². The molecule has 1 aliphatic heterocycles. The van der Waals surface area contributed by atoms with Gasteiger partial charge in [-0.2, -0.15) is 0 Å². The molecule has 0 saturated heterocycles. The van der Waals surface area contributed by atoms with Gasteiger partial charge in [0, 0.05) is 31.8 Å². The molecule has 1 aliphatic rings. The molecule has 104 valence electrons. The SMILES string of the molecule is CN(CCc1ccc(F)cc1)c1ccc2c(c1)OCC2. The van der Waals surface area contributed by atoms with Crippen molar-refractivity contribution in [3.05, 3.63) is 59.4 Å². The van der Waals surface area contributed by atoms with E-state index in [0.29, 0.717) is 0 Å². The fourth-order valence-electron chi connectivity index (χ4n) is 2.47. The highest BCUT2D eigenvalue weighted by molar-refractivity contribution is 5.54. The van der Waals surface area contributed by atoms with Crippen molar-refractivity contribution in [2.24, 2.45) is 0 Å². The van der Waals surface area contributed by atoms with Crippen LogP contribution in [0.1, 0.15) is 11.1 Å². The number of likely N-dealkylation sites (N-methyl/N-ethyl adjacent to an activating group) is 1. The molecule has 0 amide bonds. The van der Waals surface area contributed by atoms with E-state index < -0.39 is 0 Å². The van der Waals surface area contributed by atoms with Gasteiger partial charge < -0.3 is 9.64 Å². The molecule has 0 radical (unpaired) electrons. The summed E-state index contributed by atoms with van der Waals surface area (Å²) in [5.41, 5.74) is 3.60. The maximum absolute atomic E-state index is 12.9. The van der Waals surface area contributed by atoms with E-state index in [-0.39, 0.29) is 5.82 Å². The predicted octanol–water partition coefficient (Wildman–Crippen LogP) is 3.44. The maximum Gasteiger partial charge on any atom is 0.124 e. The third-order valence-corrected chi connectivity index (χ3v) is 3.77. The number of nitrogens with zero attached hydrogens (tertiary/aromatic N) is 1. The maximum atomic E-state index is 12.9. The van der Waals surface area contributed by atoms with Gasteiger partial charge in [0.15, 0.2) is 0 Å². The Kier molecular flexibility index (Phi) is 3.59. The normalized spacial score (nSPS) is 12.9. The number of anilines is 1. The van der Waals surface area contributed by atoms with E-state index in [4.69, 9.17) is 4.74 Å². The zero-order chi connectivity index (χ0) is 13.9. The summed E-state index contributed by atoms with van der Waals surface area (Å²) in [6, 6.07) is 13.1. The fraction of sp³-hybridized carbons (Fsp3) is 0.294. The summed E-state index contributed by atoms with van der Waals surface area (Å²) in [6.45, 7) is 1.68. The van der Waals surface area contributed by atoms with Gasteiger partial charge in [-0.15, -0.1) is 0 Å². The van der Waals surface area contributed by atoms with Crippen LogP contribution in [0.15, 0.2) is 42.5 Å². The summed E-state index contributed by atoms with van der Waals surface area (Å²) in [5.74, 6) is 0.828. The second kappa shape index (κ2) is 5.53. The first kappa shape index (κ1) is 13.0. The van der Waals surface area contributed by atoms with E-state index >= 15 is 0 Å². The molecule has 0 unspecified atom stereocenters. The third kappa shape index (κ3) is 2.77. The Balaban J connectivity index is 1.64. The molecule has 0 atom stereocenters. The van der Waals surface area contributed by atoms with E-state index in [1.165, 1.54) is 17.7 Å². The average molecular weight is 271 g/mol. The molecule has 3 heteroatoms. The molecule has 3 rings (SSSR count). The first-order valence-corrected chi connectivity index (χ1v) is 6.94. The van der Waals surface area contributed by atoms with Crippen molar-refractivity contribution in [1.82, 2.24) is 0 Å². The third-order valence-electron chi connectivity index (χ3n) is 3.77. The van der Waals surface area contributed by atoms with E-state index in [1.54, 1.807) is 0 Å². The molecule has 0 bridgehead atoms. The first-order chi connectivity index (χ1) is 9.72. The monoisotopic (exact) mass is 271 g/mol. The molecular formula is C17H18FNO. The zero-order valence-electron chi connectivity index (χ0n) is 11.6. The van der Waals surface area contributed by atoms with Gasteiger partial charge in [0.05, 0.1) is 6.61 Å². The Morgan fingerprint density at radius 3 is 2.75 bits per heavy atom. The summed E-state index contributed by atoms with van der Waals surface area (Å²) in [5, 5.41) is 0. The van der Waals surface area contributed by atoms with Crippen molar-refractivity contribution in [3.63, 3.8) is 0 Å². The van der Waals surface area contributed by atoms with Crippen LogP contribution in [-0.2, 0) is 12.8 Å². The molecular weight excluding hydrogens is 253 g/mol. The molecule has 1 heterocycles. The summed E-state index contributed by atoms with van der Waals surface area (Å²) >= 11 is 0. The van der Waals surface area contributed by atoms with Crippen LogP contribution < -0.4 is 9.64 Å². The molecule has 0 fully saturated rings. The number of hydrogen-bond donors (Lipinski definition) is 0. The Bertz CT molecular complexity index is 594. The van der Waals surface area contributed by atoms with Gasteiger partial charge in [-0.1, -0.05) is 18.2 Å². The van der Waals surface area contributed by atoms with Crippen molar-refractivity contribution in [1.29, 1.82) is 0 Å². The lowest BCUT2D eigenvalue weighted by Crippen LogP contribution is -2.20. The molecule has 20 heavy (non-hydrogen) atoms. The van der Waals surface area contributed by atoms with Crippen LogP contribution in [-0.4, -0.2) is 20.2 Å². The number of hydrogen-bond acceptors (Lipinski definition) is 2. The standard InChI is InChI=1S/C17H18FNO/c1-19(10-8-13-2-5-15(18)6-3-13)16-7-4-14-9-11-20-17(14)12-16/h2-7,12H,8-11H2,1H3. The van der Waals surface area contributed by atoms with Crippen LogP contribution in [0.5, 0.6) is 5.75 Å². The Labute approximate surface area is 118 Å². The molecule has 2 aromatic carbocycles. The number of fused-ring (bicyclic) bond motifs is 1. The molecule has 2 aromatic rings. The van der Waals surface area contributed by atoms with Crippen LogP contribution in [0.2, 0.25) is 0 Å². The minimum atomic E-state index is -0.183. The molecule has 0 N–H and O–H groups in total. The molecule has 0 spiro atoms. The molecule has 0 aliphatic carbocycles. The van der Waals surface area contributed by atoms with E-state index in [1.807, 2.05) is 12.1 Å². The van der Waals surface area contributed by atoms with Crippen LogP contribution in [0.4, 0.5) is 10.1 Å². The summed E-state index contributed by atoms with van der Waals surface area (Å²) in [7, 11) is 2.07. The first-order valence-electron chi connectivity index (χ1n) is 6.94. The van der Waals surface area contributed by atoms with Crippen molar-refractivity contribution >= 4 is 5.69 Å². The van der Waals surface area contributed by atoms with Gasteiger partial charge in [-0.3, -0.25) is 0 Å². The summed E-state index contributed by atoms with van der Waals surface area (Å²) in [6.07, 6.45) is 1.91. The van der Waals surface area contributed by atoms with Crippen molar-refractivity contribution < 1.29 is 9.13 Å². The van der Waals surface area contributed by atoms with Crippen molar-refractivity contribution in [2.75, 3.05) is 25.1 Å². The van der Waals surface area contributed by atoms with Crippen molar-refractivity contribution in [2.45, 2.75) is 12.8 Å². The Morgan fingerprint density at radius 2 is 1.95 bits per heavy atom. The van der Waals surface area contributed by atoms with E-state index in [2.05, 4.69) is 30.1 Å². The second-order valence-corrected chi connectivity index (χ2v) is 5.19. The van der Waals surface area contributed by atoms with Crippen LogP contribution in [0.25, 0.3) is 0 Å². The highest BCUT2D eigenvalue weighted by Gasteiger charge is 2.13. The highest BCUT2D eigenvalue weighted by Crippen LogP contribution is 2.29. The average Bonchev–Trinajstić information content (AvgIpc) is 2.93. The van der Waals surface area contributed by atoms with Crippen molar-refractivity contribution in [3.8, 4) is 5.75 Å². The molecule has 0 saturated carbocycles. The highest BCUT2D eigenvalue weighted by atomic mass is 19.1. The fourth-order valence-corrected chi connectivity index (χ4v) is 2.47. The van der Waals surface area contributed by atoms with Gasteiger partial charge in [-0.25, -0.2) is 4.39 Å². The topological polar surface area (TPSA) is 12.5 Å². The lowest BCUT2D eigenvalue weighted by atomic mass is 10.1. The zero-order valence-corrected chi connectivity index (χ0v) is 11.6. The van der Waals surface area contributed by atoms with Crippen LogP contribution in [0.3, 0.4) is 0 Å². The quantitative estimate of drug-likeness (QED) is 0.844. The number of ether oxygens (including phenoxy) is 1. The lowest BCUT2D eigenvalue weighted by molar-refractivity contribution is 0.357. The second-order valence-electron chi connectivity index (χ2n) is 5.19. The number of benzene rings is 2. The van der Waals surface area contributed by atoms with Gasteiger partial charge in [0.2, 0.25) is 0 Å². The summed E-state index contributed by atoms with van der Waals surface area (Å²) < 4.78 is 18.5. The Morgan fingerprint density at radius 1 is 1.15 bits per heavy atom. The Hall–Kier alpha value is -2.03. The molecule has 0 aromatic heterocycles. The van der Waals surface area contributed by atoms with Crippen LogP contribution in [0, 0.1) is 5.82 Å². The lowest BCUT2D eigenvalue weighted by Gasteiger charge is -2.20. The smallest absolute Gasteiger partial charge is 0.124 e. The van der Waals surface area contributed by atoms with Gasteiger partial charge in [-0.05, 0) is 35.7 Å². The van der Waals surface area contributed by atoms with Crippen LogP contribution >= 0.6 is 0 Å².